The maximum absolute atomic E-state index is 5.64. The summed E-state index contributed by atoms with van der Waals surface area (Å²) in [6.07, 6.45) is 20.8. The maximum atomic E-state index is 5.64. The molecular formula is C28H56O6. The molecule has 0 fully saturated rings. The van der Waals surface area contributed by atoms with Crippen LogP contribution in [0.5, 0.6) is 0 Å². The van der Waals surface area contributed by atoms with Crippen molar-refractivity contribution in [3.05, 3.63) is 12.8 Å². The normalized spacial score (nSPS) is 11.2. The van der Waals surface area contributed by atoms with Crippen molar-refractivity contribution in [1.82, 2.24) is 0 Å². The molecule has 0 atom stereocenters. The molecule has 0 saturated carbocycles. The molecule has 0 rings (SSSR count). The summed E-state index contributed by atoms with van der Waals surface area (Å²) in [5.41, 5.74) is 0. The largest absolute Gasteiger partial charge is 0.499 e. The van der Waals surface area contributed by atoms with Crippen LogP contribution in [-0.2, 0) is 28.4 Å². The molecule has 0 N–H and O–H groups in total. The summed E-state index contributed by atoms with van der Waals surface area (Å²) in [5, 5.41) is 0. The van der Waals surface area contributed by atoms with E-state index >= 15 is 0 Å². The summed E-state index contributed by atoms with van der Waals surface area (Å²) in [5.74, 6) is 0. The van der Waals surface area contributed by atoms with E-state index in [1.54, 1.807) is 0 Å². The van der Waals surface area contributed by atoms with Gasteiger partial charge in [0, 0.05) is 6.61 Å². The lowest BCUT2D eigenvalue weighted by molar-refractivity contribution is -0.0138. The van der Waals surface area contributed by atoms with Crippen LogP contribution in [0.3, 0.4) is 0 Å². The summed E-state index contributed by atoms with van der Waals surface area (Å²) in [4.78, 5) is 0. The van der Waals surface area contributed by atoms with E-state index in [1.165, 1.54) is 89.7 Å². The van der Waals surface area contributed by atoms with E-state index in [2.05, 4.69) is 13.5 Å². The first-order valence-corrected chi connectivity index (χ1v) is 14.0. The molecule has 0 aliphatic rings. The zero-order valence-electron chi connectivity index (χ0n) is 22.4. The fourth-order valence-electron chi connectivity index (χ4n) is 3.57. The van der Waals surface area contributed by atoms with Gasteiger partial charge in [0.05, 0.1) is 65.7 Å². The SMILES string of the molecule is C=COCCOCCOCCOCCOCCOCCCCCCCCCCCCCCCC. The Bertz CT molecular complexity index is 367. The first kappa shape index (κ1) is 33.3. The molecule has 204 valence electrons. The molecule has 0 aliphatic carbocycles. The van der Waals surface area contributed by atoms with Gasteiger partial charge in [-0.2, -0.15) is 0 Å². The minimum absolute atomic E-state index is 0.525. The lowest BCUT2D eigenvalue weighted by Gasteiger charge is -2.08. The van der Waals surface area contributed by atoms with Crippen LogP contribution in [0, 0.1) is 0 Å². The summed E-state index contributed by atoms with van der Waals surface area (Å²) in [6, 6.07) is 0. The molecule has 0 aromatic heterocycles. The standard InChI is InChI=1S/C28H56O6/c1-3-5-6-7-8-9-10-11-12-13-14-15-16-17-18-30-21-22-32-25-26-34-28-27-33-24-23-31-20-19-29-4-2/h4H,2-3,5-28H2,1H3. The first-order chi connectivity index (χ1) is 16.9. The van der Waals surface area contributed by atoms with Gasteiger partial charge in [-0.3, -0.25) is 0 Å². The Kier molecular flexibility index (Phi) is 31.7. The summed E-state index contributed by atoms with van der Waals surface area (Å²) in [6.45, 7) is 12.4. The van der Waals surface area contributed by atoms with Crippen LogP contribution in [0.15, 0.2) is 12.8 Å². The third-order valence-corrected chi connectivity index (χ3v) is 5.59. The Labute approximate surface area is 211 Å². The van der Waals surface area contributed by atoms with Crippen molar-refractivity contribution in [1.29, 1.82) is 0 Å². The fourth-order valence-corrected chi connectivity index (χ4v) is 3.57. The number of hydrogen-bond acceptors (Lipinski definition) is 6. The van der Waals surface area contributed by atoms with E-state index in [0.29, 0.717) is 66.1 Å². The molecule has 0 aromatic carbocycles. The zero-order chi connectivity index (χ0) is 24.6. The van der Waals surface area contributed by atoms with Crippen LogP contribution in [0.1, 0.15) is 96.8 Å². The summed E-state index contributed by atoms with van der Waals surface area (Å²) < 4.78 is 32.3. The smallest absolute Gasteiger partial charge is 0.111 e. The van der Waals surface area contributed by atoms with Crippen LogP contribution in [0.2, 0.25) is 0 Å². The maximum Gasteiger partial charge on any atom is 0.111 e. The second-order valence-electron chi connectivity index (χ2n) is 8.70. The Balaban J connectivity index is 3.00. The molecule has 0 amide bonds. The highest BCUT2D eigenvalue weighted by molar-refractivity contribution is 4.50. The predicted octanol–water partition coefficient (Wildman–Crippen LogP) is 6.71. The van der Waals surface area contributed by atoms with Crippen molar-refractivity contribution < 1.29 is 28.4 Å². The lowest BCUT2D eigenvalue weighted by Crippen LogP contribution is -2.13. The first-order valence-electron chi connectivity index (χ1n) is 14.0. The average Bonchev–Trinajstić information content (AvgIpc) is 2.85. The summed E-state index contributed by atoms with van der Waals surface area (Å²) >= 11 is 0. The number of ether oxygens (including phenoxy) is 6. The van der Waals surface area contributed by atoms with Gasteiger partial charge in [0.2, 0.25) is 0 Å². The predicted molar refractivity (Wildman–Crippen MR) is 141 cm³/mol. The molecule has 0 radical (unpaired) electrons. The average molecular weight is 489 g/mol. The molecule has 0 bridgehead atoms. The molecule has 6 heteroatoms. The van der Waals surface area contributed by atoms with Gasteiger partial charge in [-0.15, -0.1) is 0 Å². The van der Waals surface area contributed by atoms with E-state index in [4.69, 9.17) is 28.4 Å². The van der Waals surface area contributed by atoms with E-state index in [1.807, 2.05) is 0 Å². The van der Waals surface area contributed by atoms with Crippen LogP contribution >= 0.6 is 0 Å². The molecule has 34 heavy (non-hydrogen) atoms. The topological polar surface area (TPSA) is 55.4 Å². The molecule has 0 aromatic rings. The third-order valence-electron chi connectivity index (χ3n) is 5.59. The lowest BCUT2D eigenvalue weighted by atomic mass is 10.0. The number of rotatable bonds is 31. The minimum atomic E-state index is 0.525. The van der Waals surface area contributed by atoms with Crippen LogP contribution in [0.25, 0.3) is 0 Å². The molecule has 0 aliphatic heterocycles. The van der Waals surface area contributed by atoms with Gasteiger partial charge in [-0.25, -0.2) is 0 Å². The highest BCUT2D eigenvalue weighted by atomic mass is 16.6. The van der Waals surface area contributed by atoms with Gasteiger partial charge >= 0.3 is 0 Å². The van der Waals surface area contributed by atoms with Crippen molar-refractivity contribution in [2.75, 3.05) is 72.7 Å². The Morgan fingerprint density at radius 2 is 0.676 bits per heavy atom. The number of unbranched alkanes of at least 4 members (excludes halogenated alkanes) is 13. The van der Waals surface area contributed by atoms with Crippen molar-refractivity contribution in [3.63, 3.8) is 0 Å². The molecular weight excluding hydrogens is 432 g/mol. The minimum Gasteiger partial charge on any atom is -0.499 e. The van der Waals surface area contributed by atoms with Crippen LogP contribution in [-0.4, -0.2) is 72.7 Å². The van der Waals surface area contributed by atoms with Crippen molar-refractivity contribution in [3.8, 4) is 0 Å². The van der Waals surface area contributed by atoms with E-state index < -0.39 is 0 Å². The zero-order valence-corrected chi connectivity index (χ0v) is 22.4. The van der Waals surface area contributed by atoms with Crippen LogP contribution < -0.4 is 0 Å². The van der Waals surface area contributed by atoms with E-state index in [9.17, 15) is 0 Å². The molecule has 0 saturated heterocycles. The Morgan fingerprint density at radius 3 is 1.03 bits per heavy atom. The second kappa shape index (κ2) is 32.3. The summed E-state index contributed by atoms with van der Waals surface area (Å²) in [7, 11) is 0. The van der Waals surface area contributed by atoms with Gasteiger partial charge in [0.1, 0.15) is 6.61 Å². The monoisotopic (exact) mass is 488 g/mol. The number of hydrogen-bond donors (Lipinski definition) is 0. The van der Waals surface area contributed by atoms with Gasteiger partial charge in [-0.1, -0.05) is 97.0 Å². The molecule has 6 nitrogen and oxygen atoms in total. The van der Waals surface area contributed by atoms with Gasteiger partial charge in [0.15, 0.2) is 0 Å². The van der Waals surface area contributed by atoms with E-state index in [-0.39, 0.29) is 0 Å². The molecule has 0 spiro atoms. The van der Waals surface area contributed by atoms with Gasteiger partial charge < -0.3 is 28.4 Å². The molecule has 0 unspecified atom stereocenters. The highest BCUT2D eigenvalue weighted by Gasteiger charge is 1.96. The van der Waals surface area contributed by atoms with Crippen LogP contribution in [0.4, 0.5) is 0 Å². The van der Waals surface area contributed by atoms with Crippen molar-refractivity contribution >= 4 is 0 Å². The van der Waals surface area contributed by atoms with E-state index in [0.717, 1.165) is 13.0 Å². The van der Waals surface area contributed by atoms with Gasteiger partial charge in [0.25, 0.3) is 0 Å². The Morgan fingerprint density at radius 1 is 0.382 bits per heavy atom. The highest BCUT2D eigenvalue weighted by Crippen LogP contribution is 2.12. The third kappa shape index (κ3) is 31.3. The fraction of sp³-hybridized carbons (Fsp3) is 0.929. The quantitative estimate of drug-likeness (QED) is 0.0798. The van der Waals surface area contributed by atoms with Gasteiger partial charge in [-0.05, 0) is 6.42 Å². The molecule has 0 heterocycles. The Hall–Kier alpha value is -0.660. The van der Waals surface area contributed by atoms with Crippen molar-refractivity contribution in [2.24, 2.45) is 0 Å². The van der Waals surface area contributed by atoms with Crippen molar-refractivity contribution in [2.45, 2.75) is 96.8 Å². The second-order valence-corrected chi connectivity index (χ2v) is 8.70.